The number of hydrogen-bond acceptors (Lipinski definition) is 4. The van der Waals surface area contributed by atoms with Crippen LogP contribution in [0.3, 0.4) is 0 Å². The number of esters is 1. The van der Waals surface area contributed by atoms with Gasteiger partial charge in [-0.3, -0.25) is 4.90 Å². The standard InChI is InChI=1S/C16H10F3NO3/c17-15(18,19)16-20(9-10-5-1-4-8-13(10)22-16)12-7-3-2-6-11(12)14(21)23-16/h1-8H,9H2/t16-/m0/s1. The lowest BCUT2D eigenvalue weighted by atomic mass is 10.0. The van der Waals surface area contributed by atoms with Gasteiger partial charge in [-0.1, -0.05) is 30.3 Å². The van der Waals surface area contributed by atoms with E-state index in [1.54, 1.807) is 30.3 Å². The third-order valence-electron chi connectivity index (χ3n) is 3.91. The Morgan fingerprint density at radius 2 is 1.70 bits per heavy atom. The first-order chi connectivity index (χ1) is 10.9. The van der Waals surface area contributed by atoms with E-state index < -0.39 is 18.1 Å². The van der Waals surface area contributed by atoms with Crippen LogP contribution >= 0.6 is 0 Å². The van der Waals surface area contributed by atoms with E-state index in [2.05, 4.69) is 0 Å². The Hall–Kier alpha value is -2.70. The maximum Gasteiger partial charge on any atom is 0.492 e. The molecule has 2 aromatic carbocycles. The van der Waals surface area contributed by atoms with Gasteiger partial charge in [-0.05, 0) is 18.2 Å². The number of fused-ring (bicyclic) bond motifs is 4. The van der Waals surface area contributed by atoms with Crippen molar-refractivity contribution in [3.63, 3.8) is 0 Å². The van der Waals surface area contributed by atoms with Gasteiger partial charge in [0.25, 0.3) is 0 Å². The van der Waals surface area contributed by atoms with Gasteiger partial charge in [0.15, 0.2) is 0 Å². The number of carbonyl (C=O) groups is 1. The molecule has 0 saturated heterocycles. The van der Waals surface area contributed by atoms with Crippen molar-refractivity contribution in [1.82, 2.24) is 0 Å². The third-order valence-corrected chi connectivity index (χ3v) is 3.91. The molecule has 4 rings (SSSR count). The van der Waals surface area contributed by atoms with Gasteiger partial charge in [0.05, 0.1) is 17.8 Å². The third kappa shape index (κ3) is 1.82. The van der Waals surface area contributed by atoms with E-state index in [1.165, 1.54) is 18.2 Å². The van der Waals surface area contributed by atoms with Crippen molar-refractivity contribution < 1.29 is 27.4 Å². The lowest BCUT2D eigenvalue weighted by Gasteiger charge is -2.49. The average molecular weight is 321 g/mol. The van der Waals surface area contributed by atoms with Crippen LogP contribution < -0.4 is 9.64 Å². The summed E-state index contributed by atoms with van der Waals surface area (Å²) in [5.41, 5.74) is 0.797. The summed E-state index contributed by atoms with van der Waals surface area (Å²) < 4.78 is 51.3. The first-order valence-electron chi connectivity index (χ1n) is 6.86. The molecule has 0 N–H and O–H groups in total. The number of para-hydroxylation sites is 2. The highest BCUT2D eigenvalue weighted by atomic mass is 19.4. The van der Waals surface area contributed by atoms with Crippen LogP contribution in [0.1, 0.15) is 15.9 Å². The van der Waals surface area contributed by atoms with Gasteiger partial charge in [-0.25, -0.2) is 4.79 Å². The molecule has 0 radical (unpaired) electrons. The molecule has 4 nitrogen and oxygen atoms in total. The lowest BCUT2D eigenvalue weighted by Crippen LogP contribution is -2.68. The normalized spacial score (nSPS) is 22.4. The molecule has 2 aromatic rings. The molecule has 23 heavy (non-hydrogen) atoms. The van der Waals surface area contributed by atoms with Gasteiger partial charge in [-0.15, -0.1) is 0 Å². The smallest absolute Gasteiger partial charge is 0.428 e. The molecular weight excluding hydrogens is 311 g/mol. The van der Waals surface area contributed by atoms with Crippen LogP contribution in [0.25, 0.3) is 0 Å². The van der Waals surface area contributed by atoms with Gasteiger partial charge >= 0.3 is 18.1 Å². The van der Waals surface area contributed by atoms with Crippen molar-refractivity contribution in [2.45, 2.75) is 18.6 Å². The number of ether oxygens (including phenoxy) is 2. The second-order valence-corrected chi connectivity index (χ2v) is 5.28. The zero-order chi connectivity index (χ0) is 16.2. The maximum absolute atomic E-state index is 13.8. The lowest BCUT2D eigenvalue weighted by molar-refractivity contribution is -0.337. The number of rotatable bonds is 0. The Morgan fingerprint density at radius 3 is 2.48 bits per heavy atom. The highest BCUT2D eigenvalue weighted by Gasteiger charge is 2.69. The van der Waals surface area contributed by atoms with Crippen LogP contribution in [0.15, 0.2) is 48.5 Å². The number of halogens is 3. The van der Waals surface area contributed by atoms with Crippen LogP contribution in [-0.4, -0.2) is 18.1 Å². The van der Waals surface area contributed by atoms with E-state index in [9.17, 15) is 18.0 Å². The number of anilines is 1. The minimum Gasteiger partial charge on any atom is -0.428 e. The molecule has 0 bridgehead atoms. The molecular formula is C16H10F3NO3. The van der Waals surface area contributed by atoms with E-state index in [-0.39, 0.29) is 23.5 Å². The van der Waals surface area contributed by atoms with Crippen molar-refractivity contribution in [1.29, 1.82) is 0 Å². The van der Waals surface area contributed by atoms with Crippen LogP contribution in [0, 0.1) is 0 Å². The zero-order valence-corrected chi connectivity index (χ0v) is 11.6. The highest BCUT2D eigenvalue weighted by Crippen LogP contribution is 2.49. The maximum atomic E-state index is 13.8. The monoisotopic (exact) mass is 321 g/mol. The fourth-order valence-corrected chi connectivity index (χ4v) is 2.86. The van der Waals surface area contributed by atoms with Crippen LogP contribution in [0.2, 0.25) is 0 Å². The van der Waals surface area contributed by atoms with Crippen molar-refractivity contribution >= 4 is 11.7 Å². The molecule has 0 amide bonds. The van der Waals surface area contributed by atoms with Crippen LogP contribution in [0.5, 0.6) is 5.75 Å². The Morgan fingerprint density at radius 1 is 1.00 bits per heavy atom. The molecule has 0 saturated carbocycles. The van der Waals surface area contributed by atoms with E-state index in [0.717, 1.165) is 4.90 Å². The molecule has 0 unspecified atom stereocenters. The van der Waals surface area contributed by atoms with Crippen molar-refractivity contribution in [2.75, 3.05) is 4.90 Å². The minimum atomic E-state index is -4.93. The zero-order valence-electron chi connectivity index (χ0n) is 11.6. The fourth-order valence-electron chi connectivity index (χ4n) is 2.86. The summed E-state index contributed by atoms with van der Waals surface area (Å²) in [7, 11) is 0. The first kappa shape index (κ1) is 13.9. The Labute approximate surface area is 129 Å². The predicted octanol–water partition coefficient (Wildman–Crippen LogP) is 3.47. The Balaban J connectivity index is 1.96. The summed E-state index contributed by atoms with van der Waals surface area (Å²) in [4.78, 5) is 13.0. The molecule has 0 spiro atoms. The second-order valence-electron chi connectivity index (χ2n) is 5.28. The molecule has 2 heterocycles. The van der Waals surface area contributed by atoms with E-state index in [0.29, 0.717) is 5.56 Å². The van der Waals surface area contributed by atoms with Gasteiger partial charge in [0, 0.05) is 5.56 Å². The van der Waals surface area contributed by atoms with Gasteiger partial charge in [0.1, 0.15) is 5.75 Å². The summed E-state index contributed by atoms with van der Waals surface area (Å²) in [6.07, 6.45) is -4.93. The molecule has 0 aromatic heterocycles. The molecule has 0 fully saturated rings. The summed E-state index contributed by atoms with van der Waals surface area (Å²) in [6.45, 7) is -0.0834. The number of carbonyl (C=O) groups excluding carboxylic acids is 1. The minimum absolute atomic E-state index is 0.0493. The molecule has 7 heteroatoms. The number of benzene rings is 2. The molecule has 2 aliphatic heterocycles. The quantitative estimate of drug-likeness (QED) is 0.697. The first-order valence-corrected chi connectivity index (χ1v) is 6.86. The van der Waals surface area contributed by atoms with Crippen molar-refractivity contribution in [3.8, 4) is 5.75 Å². The summed E-state index contributed by atoms with van der Waals surface area (Å²) in [5.74, 6) is -4.16. The largest absolute Gasteiger partial charge is 0.492 e. The van der Waals surface area contributed by atoms with Crippen LogP contribution in [-0.2, 0) is 11.3 Å². The van der Waals surface area contributed by atoms with Gasteiger partial charge in [-0.2, -0.15) is 13.2 Å². The SMILES string of the molecule is O=C1O[C@]2(C(F)(F)F)Oc3ccccc3CN2c2ccccc21. The molecule has 2 aliphatic rings. The topological polar surface area (TPSA) is 38.8 Å². The fraction of sp³-hybridized carbons (Fsp3) is 0.188. The van der Waals surface area contributed by atoms with Gasteiger partial charge in [0.2, 0.25) is 0 Å². The second kappa shape index (κ2) is 4.41. The summed E-state index contributed by atoms with van der Waals surface area (Å²) in [6, 6.07) is 12.4. The number of nitrogens with zero attached hydrogens (tertiary/aromatic N) is 1. The van der Waals surface area contributed by atoms with E-state index >= 15 is 0 Å². The van der Waals surface area contributed by atoms with Crippen LogP contribution in [0.4, 0.5) is 18.9 Å². The summed E-state index contributed by atoms with van der Waals surface area (Å²) >= 11 is 0. The molecule has 1 atom stereocenters. The molecule has 0 aliphatic carbocycles. The Kier molecular flexibility index (Phi) is 2.67. The average Bonchev–Trinajstić information content (AvgIpc) is 2.52. The van der Waals surface area contributed by atoms with E-state index in [1.807, 2.05) is 0 Å². The predicted molar refractivity (Wildman–Crippen MR) is 73.9 cm³/mol. The van der Waals surface area contributed by atoms with E-state index in [4.69, 9.17) is 9.47 Å². The summed E-state index contributed by atoms with van der Waals surface area (Å²) in [5, 5.41) is 0. The van der Waals surface area contributed by atoms with Crippen molar-refractivity contribution in [2.24, 2.45) is 0 Å². The Bertz CT molecular complexity index is 805. The number of hydrogen-bond donors (Lipinski definition) is 0. The molecule has 118 valence electrons. The van der Waals surface area contributed by atoms with Gasteiger partial charge < -0.3 is 9.47 Å². The highest BCUT2D eigenvalue weighted by molar-refractivity contribution is 5.98. The van der Waals surface area contributed by atoms with Crippen molar-refractivity contribution in [3.05, 3.63) is 59.7 Å². The number of alkyl halides is 3.